The summed E-state index contributed by atoms with van der Waals surface area (Å²) in [5.74, 6) is 1.85. The molecule has 4 rings (SSSR count). The topological polar surface area (TPSA) is 110 Å². The van der Waals surface area contributed by atoms with Crippen LogP contribution >= 0.6 is 0 Å². The fraction of sp³-hybridized carbons (Fsp3) is 0.250. The SMILES string of the molecule is COc1ccc2oc(-c3ccccc3)c(OCCCCCCOc3cc(N)ccc3N)c(=O)c2c1. The first-order valence-electron chi connectivity index (χ1n) is 11.7. The molecule has 0 saturated carbocycles. The summed E-state index contributed by atoms with van der Waals surface area (Å²) in [7, 11) is 1.56. The van der Waals surface area contributed by atoms with Gasteiger partial charge in [0.15, 0.2) is 5.76 Å². The normalized spacial score (nSPS) is 10.9. The largest absolute Gasteiger partial charge is 0.497 e. The number of rotatable bonds is 11. The fourth-order valence-corrected chi connectivity index (χ4v) is 3.78. The van der Waals surface area contributed by atoms with Crippen molar-refractivity contribution < 1.29 is 18.6 Å². The van der Waals surface area contributed by atoms with Crippen LogP contribution in [0.5, 0.6) is 17.2 Å². The fourth-order valence-electron chi connectivity index (χ4n) is 3.78. The Morgan fingerprint density at radius 2 is 1.57 bits per heavy atom. The molecule has 0 unspecified atom stereocenters. The van der Waals surface area contributed by atoms with E-state index in [0.29, 0.717) is 52.8 Å². The molecule has 0 aliphatic rings. The van der Waals surface area contributed by atoms with Gasteiger partial charge >= 0.3 is 0 Å². The summed E-state index contributed by atoms with van der Waals surface area (Å²) < 4.78 is 23.1. The first-order chi connectivity index (χ1) is 17.1. The van der Waals surface area contributed by atoms with Crippen molar-refractivity contribution in [1.29, 1.82) is 0 Å². The Kier molecular flexibility index (Phi) is 7.77. The minimum Gasteiger partial charge on any atom is -0.497 e. The van der Waals surface area contributed by atoms with E-state index in [9.17, 15) is 4.79 Å². The number of benzene rings is 3. The van der Waals surface area contributed by atoms with Gasteiger partial charge in [0.05, 0.1) is 31.4 Å². The Morgan fingerprint density at radius 3 is 2.31 bits per heavy atom. The van der Waals surface area contributed by atoms with Crippen LogP contribution in [0.25, 0.3) is 22.3 Å². The maximum atomic E-state index is 13.3. The van der Waals surface area contributed by atoms with Crippen LogP contribution in [0, 0.1) is 0 Å². The van der Waals surface area contributed by atoms with Crippen molar-refractivity contribution in [1.82, 2.24) is 0 Å². The number of nitrogens with two attached hydrogens (primary N) is 2. The van der Waals surface area contributed by atoms with Gasteiger partial charge in [0.2, 0.25) is 11.2 Å². The van der Waals surface area contributed by atoms with E-state index in [1.807, 2.05) is 30.3 Å². The van der Waals surface area contributed by atoms with Crippen molar-refractivity contribution in [2.24, 2.45) is 0 Å². The molecular formula is C28H30N2O5. The second-order valence-electron chi connectivity index (χ2n) is 8.23. The Bertz CT molecular complexity index is 1330. The van der Waals surface area contributed by atoms with Gasteiger partial charge in [-0.05, 0) is 56.0 Å². The number of hydrogen-bond donors (Lipinski definition) is 2. The number of anilines is 2. The van der Waals surface area contributed by atoms with Crippen molar-refractivity contribution in [2.45, 2.75) is 25.7 Å². The van der Waals surface area contributed by atoms with E-state index in [4.69, 9.17) is 30.1 Å². The molecule has 0 fully saturated rings. The van der Waals surface area contributed by atoms with E-state index in [0.717, 1.165) is 31.2 Å². The lowest BCUT2D eigenvalue weighted by Crippen LogP contribution is -2.11. The van der Waals surface area contributed by atoms with E-state index in [1.54, 1.807) is 43.5 Å². The third kappa shape index (κ3) is 5.87. The molecule has 0 amide bonds. The van der Waals surface area contributed by atoms with Gasteiger partial charge in [-0.15, -0.1) is 0 Å². The van der Waals surface area contributed by atoms with Gasteiger partial charge in [0, 0.05) is 17.3 Å². The van der Waals surface area contributed by atoms with Crippen LogP contribution in [0.4, 0.5) is 11.4 Å². The van der Waals surface area contributed by atoms with Crippen LogP contribution in [0.3, 0.4) is 0 Å². The monoisotopic (exact) mass is 474 g/mol. The number of nitrogen functional groups attached to an aromatic ring is 2. The maximum absolute atomic E-state index is 13.3. The molecule has 0 radical (unpaired) electrons. The number of ether oxygens (including phenoxy) is 3. The summed E-state index contributed by atoms with van der Waals surface area (Å²) in [6.45, 7) is 0.964. The summed E-state index contributed by atoms with van der Waals surface area (Å²) in [4.78, 5) is 13.3. The van der Waals surface area contributed by atoms with Gasteiger partial charge in [0.25, 0.3) is 0 Å². The molecule has 3 aromatic carbocycles. The third-order valence-electron chi connectivity index (χ3n) is 5.67. The standard InChI is InChI=1S/C28H30N2O5/c1-32-21-12-14-24-22(18-21)26(31)28(27(35-24)19-9-5-4-6-10-19)34-16-8-3-2-7-15-33-25-17-20(29)11-13-23(25)30/h4-6,9-14,17-18H,2-3,7-8,15-16,29-30H2,1H3. The molecule has 0 bridgehead atoms. The minimum absolute atomic E-state index is 0.211. The second-order valence-corrected chi connectivity index (χ2v) is 8.23. The molecule has 35 heavy (non-hydrogen) atoms. The molecule has 0 atom stereocenters. The van der Waals surface area contributed by atoms with Crippen molar-refractivity contribution in [2.75, 3.05) is 31.8 Å². The van der Waals surface area contributed by atoms with Gasteiger partial charge in [-0.3, -0.25) is 4.79 Å². The van der Waals surface area contributed by atoms with Crippen molar-refractivity contribution in [3.8, 4) is 28.6 Å². The molecule has 0 saturated heterocycles. The summed E-state index contributed by atoms with van der Waals surface area (Å²) in [5, 5.41) is 0.428. The zero-order valence-electron chi connectivity index (χ0n) is 19.8. The van der Waals surface area contributed by atoms with Crippen LogP contribution in [0.2, 0.25) is 0 Å². The van der Waals surface area contributed by atoms with Gasteiger partial charge in [-0.25, -0.2) is 0 Å². The molecule has 4 aromatic rings. The number of hydrogen-bond acceptors (Lipinski definition) is 7. The molecule has 7 nitrogen and oxygen atoms in total. The molecule has 1 heterocycles. The predicted octanol–water partition coefficient (Wildman–Crippen LogP) is 5.65. The molecule has 0 spiro atoms. The van der Waals surface area contributed by atoms with Crippen LogP contribution in [0.1, 0.15) is 25.7 Å². The van der Waals surface area contributed by atoms with E-state index < -0.39 is 0 Å². The van der Waals surface area contributed by atoms with Crippen LogP contribution in [-0.2, 0) is 0 Å². The summed E-state index contributed by atoms with van der Waals surface area (Å²) >= 11 is 0. The molecule has 182 valence electrons. The van der Waals surface area contributed by atoms with E-state index in [-0.39, 0.29) is 11.2 Å². The molecule has 0 aliphatic heterocycles. The zero-order valence-corrected chi connectivity index (χ0v) is 19.8. The Hall–Kier alpha value is -4.13. The minimum atomic E-state index is -0.211. The average Bonchev–Trinajstić information content (AvgIpc) is 2.88. The van der Waals surface area contributed by atoms with Crippen molar-refractivity contribution in [3.63, 3.8) is 0 Å². The highest BCUT2D eigenvalue weighted by atomic mass is 16.5. The Morgan fingerprint density at radius 1 is 0.829 bits per heavy atom. The quantitative estimate of drug-likeness (QED) is 0.213. The van der Waals surface area contributed by atoms with E-state index >= 15 is 0 Å². The lowest BCUT2D eigenvalue weighted by Gasteiger charge is -2.12. The Labute approximate surface area is 204 Å². The van der Waals surface area contributed by atoms with Gasteiger partial charge in [-0.1, -0.05) is 30.3 Å². The zero-order chi connectivity index (χ0) is 24.6. The predicted molar refractivity (Wildman–Crippen MR) is 139 cm³/mol. The Balaban J connectivity index is 1.37. The van der Waals surface area contributed by atoms with Gasteiger partial charge in [-0.2, -0.15) is 0 Å². The summed E-state index contributed by atoms with van der Waals surface area (Å²) in [6.07, 6.45) is 3.56. The molecule has 4 N–H and O–H groups in total. The summed E-state index contributed by atoms with van der Waals surface area (Å²) in [5.41, 5.74) is 14.0. The van der Waals surface area contributed by atoms with Gasteiger partial charge < -0.3 is 30.1 Å². The number of methoxy groups -OCH3 is 1. The smallest absolute Gasteiger partial charge is 0.235 e. The van der Waals surface area contributed by atoms with Gasteiger partial charge in [0.1, 0.15) is 17.1 Å². The molecule has 0 aliphatic carbocycles. The summed E-state index contributed by atoms with van der Waals surface area (Å²) in [6, 6.07) is 19.9. The molecule has 1 aromatic heterocycles. The third-order valence-corrected chi connectivity index (χ3v) is 5.67. The van der Waals surface area contributed by atoms with Crippen LogP contribution < -0.4 is 31.1 Å². The van der Waals surface area contributed by atoms with Crippen LogP contribution in [-0.4, -0.2) is 20.3 Å². The van der Waals surface area contributed by atoms with E-state index in [1.165, 1.54) is 0 Å². The molecular weight excluding hydrogens is 444 g/mol. The first kappa shape index (κ1) is 24.0. The maximum Gasteiger partial charge on any atom is 0.235 e. The van der Waals surface area contributed by atoms with Crippen molar-refractivity contribution >= 4 is 22.3 Å². The lowest BCUT2D eigenvalue weighted by molar-refractivity contribution is 0.284. The van der Waals surface area contributed by atoms with Crippen molar-refractivity contribution in [3.05, 3.63) is 77.0 Å². The lowest BCUT2D eigenvalue weighted by atomic mass is 10.1. The average molecular weight is 475 g/mol. The highest BCUT2D eigenvalue weighted by Crippen LogP contribution is 2.32. The number of fused-ring (bicyclic) bond motifs is 1. The number of unbranched alkanes of at least 4 members (excludes halogenated alkanes) is 3. The van der Waals surface area contributed by atoms with E-state index in [2.05, 4.69) is 0 Å². The van der Waals surface area contributed by atoms with Crippen LogP contribution in [0.15, 0.2) is 75.9 Å². The second kappa shape index (κ2) is 11.3. The first-order valence-corrected chi connectivity index (χ1v) is 11.7. The highest BCUT2D eigenvalue weighted by Gasteiger charge is 2.18. The highest BCUT2D eigenvalue weighted by molar-refractivity contribution is 5.83. The molecule has 7 heteroatoms.